The molecule has 1 atom stereocenters. The first-order valence-corrected chi connectivity index (χ1v) is 4.27. The van der Waals surface area contributed by atoms with Gasteiger partial charge in [0.25, 0.3) is 0 Å². The largest absolute Gasteiger partial charge is 0.303 e. The van der Waals surface area contributed by atoms with E-state index in [9.17, 15) is 4.79 Å². The lowest BCUT2D eigenvalue weighted by atomic mass is 10.1. The highest BCUT2D eigenvalue weighted by atomic mass is 16.1. The first-order chi connectivity index (χ1) is 5.16. The van der Waals surface area contributed by atoms with Crippen LogP contribution in [0.25, 0.3) is 0 Å². The van der Waals surface area contributed by atoms with E-state index in [1.54, 1.807) is 0 Å². The third kappa shape index (κ3) is 7.31. The normalized spacial score (nSPS) is 14.2. The van der Waals surface area contributed by atoms with Gasteiger partial charge >= 0.3 is 0 Å². The predicted octanol–water partition coefficient (Wildman–Crippen LogP) is 2.81. The van der Waals surface area contributed by atoms with Gasteiger partial charge < -0.3 is 4.79 Å². The number of hydrogen-bond acceptors (Lipinski definition) is 1. The molecule has 0 aromatic heterocycles. The Kier molecular flexibility index (Phi) is 5.81. The van der Waals surface area contributed by atoms with E-state index >= 15 is 0 Å². The molecule has 0 spiro atoms. The molecule has 0 saturated heterocycles. The highest BCUT2D eigenvalue weighted by Gasteiger charge is 1.94. The third-order valence-electron chi connectivity index (χ3n) is 1.54. The summed E-state index contributed by atoms with van der Waals surface area (Å²) in [6.07, 6.45) is 7.02. The molecule has 0 aromatic carbocycles. The van der Waals surface area contributed by atoms with E-state index in [0.717, 1.165) is 18.6 Å². The zero-order valence-corrected chi connectivity index (χ0v) is 7.71. The van der Waals surface area contributed by atoms with Gasteiger partial charge in [-0.25, -0.2) is 0 Å². The summed E-state index contributed by atoms with van der Waals surface area (Å²) in [7, 11) is 0. The Labute approximate surface area is 69.5 Å². The van der Waals surface area contributed by atoms with Crippen molar-refractivity contribution in [2.75, 3.05) is 0 Å². The van der Waals surface area contributed by atoms with E-state index in [0.29, 0.717) is 12.3 Å². The zero-order valence-electron chi connectivity index (χ0n) is 7.71. The van der Waals surface area contributed by atoms with Crippen LogP contribution >= 0.6 is 0 Å². The summed E-state index contributed by atoms with van der Waals surface area (Å²) in [5.74, 6) is 1.13. The topological polar surface area (TPSA) is 17.1 Å². The molecule has 1 unspecified atom stereocenters. The van der Waals surface area contributed by atoms with Crippen molar-refractivity contribution >= 4 is 6.29 Å². The maximum Gasteiger partial charge on any atom is 0.120 e. The van der Waals surface area contributed by atoms with Crippen molar-refractivity contribution < 1.29 is 4.79 Å². The molecule has 0 radical (unpaired) electrons. The second-order valence-electron chi connectivity index (χ2n) is 3.44. The molecule has 0 fully saturated rings. The van der Waals surface area contributed by atoms with Crippen LogP contribution in [0.4, 0.5) is 0 Å². The van der Waals surface area contributed by atoms with Crippen LogP contribution in [0.2, 0.25) is 0 Å². The van der Waals surface area contributed by atoms with Gasteiger partial charge in [0.1, 0.15) is 6.29 Å². The summed E-state index contributed by atoms with van der Waals surface area (Å²) < 4.78 is 0. The number of rotatable bonds is 5. The van der Waals surface area contributed by atoms with Crippen molar-refractivity contribution in [3.63, 3.8) is 0 Å². The minimum atomic E-state index is 0.409. The van der Waals surface area contributed by atoms with Gasteiger partial charge in [-0.3, -0.25) is 0 Å². The second-order valence-corrected chi connectivity index (χ2v) is 3.44. The summed E-state index contributed by atoms with van der Waals surface area (Å²) in [6.45, 7) is 6.44. The summed E-state index contributed by atoms with van der Waals surface area (Å²) in [5.41, 5.74) is 0. The Morgan fingerprint density at radius 2 is 1.82 bits per heavy atom. The summed E-state index contributed by atoms with van der Waals surface area (Å²) in [5, 5.41) is 0. The molecule has 0 bridgehead atoms. The van der Waals surface area contributed by atoms with Gasteiger partial charge in [-0.2, -0.15) is 0 Å². The molecule has 11 heavy (non-hydrogen) atoms. The van der Waals surface area contributed by atoms with Crippen molar-refractivity contribution in [1.82, 2.24) is 0 Å². The van der Waals surface area contributed by atoms with Crippen LogP contribution in [0, 0.1) is 11.8 Å². The number of carbonyl (C=O) groups is 1. The molecule has 0 aromatic rings. The van der Waals surface area contributed by atoms with Gasteiger partial charge in [-0.15, -0.1) is 0 Å². The molecule has 0 rings (SSSR count). The van der Waals surface area contributed by atoms with Crippen molar-refractivity contribution in [1.29, 1.82) is 0 Å². The maximum absolute atomic E-state index is 10.1. The lowest BCUT2D eigenvalue weighted by Gasteiger charge is -2.00. The standard InChI is InChI=1S/C10H18O/c1-9(2)5-4-6-10(3)7-8-11/h4,6,8-10H,5,7H2,1-3H3/b6-4+. The van der Waals surface area contributed by atoms with Crippen LogP contribution in [0.3, 0.4) is 0 Å². The van der Waals surface area contributed by atoms with Crippen molar-refractivity contribution in [3.05, 3.63) is 12.2 Å². The SMILES string of the molecule is CC(C)C/C=C/C(C)CC=O. The van der Waals surface area contributed by atoms with E-state index in [2.05, 4.69) is 32.9 Å². The number of allylic oxidation sites excluding steroid dienone is 2. The molecule has 1 nitrogen and oxygen atoms in total. The van der Waals surface area contributed by atoms with Crippen LogP contribution in [-0.2, 0) is 4.79 Å². The number of aldehydes is 1. The molecule has 0 aliphatic heterocycles. The summed E-state index contributed by atoms with van der Waals surface area (Å²) >= 11 is 0. The average Bonchev–Trinajstić information content (AvgIpc) is 1.87. The third-order valence-corrected chi connectivity index (χ3v) is 1.54. The van der Waals surface area contributed by atoms with Crippen LogP contribution in [-0.4, -0.2) is 6.29 Å². The molecule has 0 N–H and O–H groups in total. The smallest absolute Gasteiger partial charge is 0.120 e. The lowest BCUT2D eigenvalue weighted by Crippen LogP contribution is -1.90. The van der Waals surface area contributed by atoms with E-state index in [-0.39, 0.29) is 0 Å². The van der Waals surface area contributed by atoms with E-state index in [4.69, 9.17) is 0 Å². The Morgan fingerprint density at radius 3 is 2.27 bits per heavy atom. The Hall–Kier alpha value is -0.590. The minimum absolute atomic E-state index is 0.409. The van der Waals surface area contributed by atoms with Crippen molar-refractivity contribution in [2.45, 2.75) is 33.6 Å². The Bertz CT molecular complexity index is 125. The summed E-state index contributed by atoms with van der Waals surface area (Å²) in [6, 6.07) is 0. The lowest BCUT2D eigenvalue weighted by molar-refractivity contribution is -0.108. The molecular formula is C10H18O. The molecule has 0 aliphatic carbocycles. The maximum atomic E-state index is 10.1. The van der Waals surface area contributed by atoms with E-state index < -0.39 is 0 Å². The number of hydrogen-bond donors (Lipinski definition) is 0. The van der Waals surface area contributed by atoms with Crippen LogP contribution in [0.5, 0.6) is 0 Å². The molecule has 0 amide bonds. The highest BCUT2D eigenvalue weighted by Crippen LogP contribution is 2.05. The summed E-state index contributed by atoms with van der Waals surface area (Å²) in [4.78, 5) is 10.1. The van der Waals surface area contributed by atoms with Gasteiger partial charge in [0.2, 0.25) is 0 Å². The molecular weight excluding hydrogens is 136 g/mol. The molecule has 0 heterocycles. The van der Waals surface area contributed by atoms with E-state index in [1.165, 1.54) is 0 Å². The fourth-order valence-corrected chi connectivity index (χ4v) is 0.813. The molecule has 1 heteroatoms. The predicted molar refractivity (Wildman–Crippen MR) is 48.4 cm³/mol. The number of carbonyl (C=O) groups excluding carboxylic acids is 1. The van der Waals surface area contributed by atoms with Crippen LogP contribution in [0.15, 0.2) is 12.2 Å². The van der Waals surface area contributed by atoms with E-state index in [1.807, 2.05) is 0 Å². The van der Waals surface area contributed by atoms with Gasteiger partial charge in [-0.1, -0.05) is 32.9 Å². The second kappa shape index (κ2) is 6.14. The van der Waals surface area contributed by atoms with Crippen molar-refractivity contribution in [2.24, 2.45) is 11.8 Å². The van der Waals surface area contributed by atoms with Gasteiger partial charge in [-0.05, 0) is 18.3 Å². The molecule has 0 saturated carbocycles. The fraction of sp³-hybridized carbons (Fsp3) is 0.700. The van der Waals surface area contributed by atoms with Gasteiger partial charge in [0.15, 0.2) is 0 Å². The average molecular weight is 154 g/mol. The molecule has 64 valence electrons. The fourth-order valence-electron chi connectivity index (χ4n) is 0.813. The Balaban J connectivity index is 3.47. The quantitative estimate of drug-likeness (QED) is 0.439. The van der Waals surface area contributed by atoms with Crippen molar-refractivity contribution in [3.8, 4) is 0 Å². The Morgan fingerprint density at radius 1 is 1.18 bits per heavy atom. The van der Waals surface area contributed by atoms with Gasteiger partial charge in [0.05, 0.1) is 0 Å². The van der Waals surface area contributed by atoms with Crippen LogP contribution in [0.1, 0.15) is 33.6 Å². The first-order valence-electron chi connectivity index (χ1n) is 4.27. The van der Waals surface area contributed by atoms with Crippen LogP contribution < -0.4 is 0 Å². The minimum Gasteiger partial charge on any atom is -0.303 e. The first kappa shape index (κ1) is 10.4. The zero-order chi connectivity index (χ0) is 8.69. The van der Waals surface area contributed by atoms with Gasteiger partial charge in [0, 0.05) is 6.42 Å². The highest BCUT2D eigenvalue weighted by molar-refractivity contribution is 5.50. The monoisotopic (exact) mass is 154 g/mol. The molecule has 0 aliphatic rings.